The summed E-state index contributed by atoms with van der Waals surface area (Å²) >= 11 is 1.01. The van der Waals surface area contributed by atoms with E-state index < -0.39 is 61.5 Å². The molecule has 2 aromatic rings. The zero-order valence-electron chi connectivity index (χ0n) is 25.5. The summed E-state index contributed by atoms with van der Waals surface area (Å²) in [5, 5.41) is 3.65. The molecule has 45 heavy (non-hydrogen) atoms. The minimum absolute atomic E-state index is 0.0657. The van der Waals surface area contributed by atoms with Crippen LogP contribution in [0.1, 0.15) is 44.5 Å². The Morgan fingerprint density at radius 3 is 2.58 bits per heavy atom. The molecule has 18 heteroatoms. The number of phosphoric ester groups is 1. The number of benzene rings is 1. The summed E-state index contributed by atoms with van der Waals surface area (Å²) in [6.45, 7) is 6.26. The fourth-order valence-corrected chi connectivity index (χ4v) is 6.20. The van der Waals surface area contributed by atoms with Gasteiger partial charge in [0.1, 0.15) is 18.0 Å². The number of phosphoric acid groups is 1. The van der Waals surface area contributed by atoms with E-state index >= 15 is 0 Å². The van der Waals surface area contributed by atoms with E-state index in [0.29, 0.717) is 5.56 Å². The van der Waals surface area contributed by atoms with Crippen LogP contribution < -0.4 is 21.5 Å². The molecule has 1 aromatic heterocycles. The summed E-state index contributed by atoms with van der Waals surface area (Å²) < 4.78 is 42.4. The molecule has 2 heterocycles. The first kappa shape index (κ1) is 36.0. The first-order valence-corrected chi connectivity index (χ1v) is 16.3. The number of nitrogens with zero attached hydrogens (tertiary/aromatic N) is 4. The third kappa shape index (κ3) is 10.3. The fourth-order valence-electron chi connectivity index (χ4n) is 4.08. The van der Waals surface area contributed by atoms with Crippen molar-refractivity contribution in [3.05, 3.63) is 72.9 Å². The summed E-state index contributed by atoms with van der Waals surface area (Å²) in [6.07, 6.45) is -0.296. The molecule has 1 fully saturated rings. The van der Waals surface area contributed by atoms with Crippen molar-refractivity contribution >= 4 is 30.7 Å². The third-order valence-electron chi connectivity index (χ3n) is 6.54. The maximum atomic E-state index is 13.8. The van der Waals surface area contributed by atoms with Crippen molar-refractivity contribution in [2.45, 2.75) is 65.0 Å². The van der Waals surface area contributed by atoms with Crippen LogP contribution in [-0.4, -0.2) is 64.9 Å². The summed E-state index contributed by atoms with van der Waals surface area (Å²) in [6, 6.07) is 4.52. The third-order valence-corrected chi connectivity index (χ3v) is 9.18. The molecule has 0 saturated carbocycles. The Labute approximate surface area is 263 Å². The minimum atomic E-state index is -4.37. The number of azide groups is 1. The van der Waals surface area contributed by atoms with Gasteiger partial charge in [0.25, 0.3) is 5.56 Å². The van der Waals surface area contributed by atoms with E-state index in [4.69, 9.17) is 29.6 Å². The Balaban J connectivity index is 1.76. The van der Waals surface area contributed by atoms with Crippen LogP contribution in [0.5, 0.6) is 5.75 Å². The van der Waals surface area contributed by atoms with E-state index in [9.17, 15) is 23.7 Å². The Hall–Kier alpha value is -3.43. The molecule has 0 amide bonds. The standard InChI is InChI=1S/C27H37N6O10PS/c1-16-14-33(26(37)30-23(16)34)22-13-20(31-32-29)21(42-22)15-41-44(38,40-10-11-45-25(36)27(2,3)4)43-18-8-6-17(7-9-18)12-19(28)24(35)39-5/h6-9,14,19-22H,10-13,15,28H2,1-5H3,(H,30,34,37)/t19-,20?,21?,22?,44?/m0/s1. The molecule has 1 aliphatic rings. The number of ether oxygens (including phenoxy) is 2. The number of hydrogen-bond donors (Lipinski definition) is 2. The van der Waals surface area contributed by atoms with E-state index in [1.54, 1.807) is 32.9 Å². The smallest absolute Gasteiger partial charge is 0.468 e. The number of methoxy groups -OCH3 is 1. The van der Waals surface area contributed by atoms with E-state index in [-0.39, 0.29) is 41.6 Å². The van der Waals surface area contributed by atoms with E-state index in [1.165, 1.54) is 36.9 Å². The van der Waals surface area contributed by atoms with Gasteiger partial charge in [-0.15, -0.1) is 0 Å². The van der Waals surface area contributed by atoms with Gasteiger partial charge in [0, 0.05) is 34.3 Å². The lowest BCUT2D eigenvalue weighted by Gasteiger charge is -2.22. The molecule has 1 saturated heterocycles. The number of rotatable bonds is 14. The maximum Gasteiger partial charge on any atom is 0.530 e. The normalized spacial score (nSPS) is 20.1. The van der Waals surface area contributed by atoms with Gasteiger partial charge < -0.3 is 19.7 Å². The van der Waals surface area contributed by atoms with Crippen molar-refractivity contribution < 1.29 is 37.2 Å². The SMILES string of the molecule is COC(=O)[C@@H](N)Cc1ccc(OP(=O)(OCCSC(=O)C(C)(C)C)OCC2OC(n3cc(C)c(=O)[nH]c3=O)CC2N=[N+]=[N-])cc1. The Bertz CT molecular complexity index is 1570. The Morgan fingerprint density at radius 2 is 1.96 bits per heavy atom. The van der Waals surface area contributed by atoms with Gasteiger partial charge in [-0.25, -0.2) is 9.36 Å². The molecular formula is C27H37N6O10PS. The van der Waals surface area contributed by atoms with Gasteiger partial charge in [0.05, 0.1) is 32.5 Å². The lowest BCUT2D eigenvalue weighted by Crippen LogP contribution is -2.33. The average Bonchev–Trinajstić information content (AvgIpc) is 3.38. The predicted octanol–water partition coefficient (Wildman–Crippen LogP) is 3.38. The van der Waals surface area contributed by atoms with Crippen molar-refractivity contribution in [1.29, 1.82) is 0 Å². The topological polar surface area (TPSA) is 227 Å². The molecule has 1 aromatic carbocycles. The highest BCUT2D eigenvalue weighted by Gasteiger charge is 2.39. The highest BCUT2D eigenvalue weighted by Crippen LogP contribution is 2.50. The van der Waals surface area contributed by atoms with Crippen LogP contribution in [0.25, 0.3) is 10.4 Å². The highest BCUT2D eigenvalue weighted by molar-refractivity contribution is 8.13. The molecule has 16 nitrogen and oxygen atoms in total. The molecule has 0 radical (unpaired) electrons. The minimum Gasteiger partial charge on any atom is -0.468 e. The number of carbonyl (C=O) groups excluding carboxylic acids is 2. The molecule has 0 aliphatic carbocycles. The Morgan fingerprint density at radius 1 is 1.27 bits per heavy atom. The van der Waals surface area contributed by atoms with Gasteiger partial charge in [-0.1, -0.05) is 49.8 Å². The number of aryl methyl sites for hydroxylation is 1. The lowest BCUT2D eigenvalue weighted by atomic mass is 10.00. The second-order valence-corrected chi connectivity index (χ2v) is 13.8. The molecule has 246 valence electrons. The van der Waals surface area contributed by atoms with Crippen LogP contribution in [0.2, 0.25) is 0 Å². The van der Waals surface area contributed by atoms with Crippen molar-refractivity contribution in [3.8, 4) is 5.75 Å². The number of carbonyl (C=O) groups is 2. The molecule has 4 unspecified atom stereocenters. The number of esters is 1. The summed E-state index contributed by atoms with van der Waals surface area (Å²) in [4.78, 5) is 53.2. The lowest BCUT2D eigenvalue weighted by molar-refractivity contribution is -0.142. The van der Waals surface area contributed by atoms with Crippen LogP contribution in [0.15, 0.2) is 45.2 Å². The summed E-state index contributed by atoms with van der Waals surface area (Å²) in [5.41, 5.74) is 14.0. The second-order valence-electron chi connectivity index (χ2n) is 11.1. The molecular weight excluding hydrogens is 631 g/mol. The first-order valence-electron chi connectivity index (χ1n) is 13.9. The number of nitrogens with one attached hydrogen (secondary N) is 1. The van der Waals surface area contributed by atoms with Crippen LogP contribution >= 0.6 is 19.6 Å². The fraction of sp³-hybridized carbons (Fsp3) is 0.556. The van der Waals surface area contributed by atoms with Crippen LogP contribution in [0.4, 0.5) is 0 Å². The van der Waals surface area contributed by atoms with Gasteiger partial charge in [0.2, 0.25) is 0 Å². The quantitative estimate of drug-likeness (QED) is 0.0737. The van der Waals surface area contributed by atoms with Crippen molar-refractivity contribution in [2.75, 3.05) is 26.1 Å². The monoisotopic (exact) mass is 668 g/mol. The van der Waals surface area contributed by atoms with Gasteiger partial charge >= 0.3 is 19.5 Å². The van der Waals surface area contributed by atoms with E-state index in [2.05, 4.69) is 19.7 Å². The van der Waals surface area contributed by atoms with Gasteiger partial charge in [-0.05, 0) is 36.6 Å². The largest absolute Gasteiger partial charge is 0.530 e. The highest BCUT2D eigenvalue weighted by atomic mass is 32.2. The number of thioether (sulfide) groups is 1. The zero-order chi connectivity index (χ0) is 33.4. The van der Waals surface area contributed by atoms with Crippen molar-refractivity contribution in [1.82, 2.24) is 9.55 Å². The number of nitrogens with two attached hydrogens (primary N) is 1. The second kappa shape index (κ2) is 15.7. The number of aromatic nitrogens is 2. The predicted molar refractivity (Wildman–Crippen MR) is 165 cm³/mol. The molecule has 0 bridgehead atoms. The maximum absolute atomic E-state index is 13.8. The van der Waals surface area contributed by atoms with Crippen molar-refractivity contribution in [3.63, 3.8) is 0 Å². The zero-order valence-corrected chi connectivity index (χ0v) is 27.2. The average molecular weight is 669 g/mol. The number of H-pyrrole nitrogens is 1. The van der Waals surface area contributed by atoms with Crippen molar-refractivity contribution in [2.24, 2.45) is 16.3 Å². The molecule has 3 rings (SSSR count). The molecule has 1 aliphatic heterocycles. The van der Waals surface area contributed by atoms with Crippen LogP contribution in [0.3, 0.4) is 0 Å². The Kier molecular flexibility index (Phi) is 12.6. The van der Waals surface area contributed by atoms with Gasteiger partial charge in [0.15, 0.2) is 5.12 Å². The number of hydrogen-bond acceptors (Lipinski definition) is 13. The summed E-state index contributed by atoms with van der Waals surface area (Å²) in [5.74, 6) is -0.297. The van der Waals surface area contributed by atoms with Gasteiger partial charge in [-0.3, -0.25) is 33.0 Å². The molecule has 3 N–H and O–H groups in total. The van der Waals surface area contributed by atoms with Gasteiger partial charge in [-0.2, -0.15) is 0 Å². The first-order chi connectivity index (χ1) is 21.2. The van der Waals surface area contributed by atoms with Crippen LogP contribution in [-0.2, 0) is 39.1 Å². The van der Waals surface area contributed by atoms with Crippen LogP contribution in [0, 0.1) is 12.3 Å². The number of aromatic amines is 1. The summed E-state index contributed by atoms with van der Waals surface area (Å²) in [7, 11) is -3.13. The van der Waals surface area contributed by atoms with E-state index in [1.807, 2.05) is 0 Å². The molecule has 5 atom stereocenters. The van der Waals surface area contributed by atoms with E-state index in [0.717, 1.165) is 11.8 Å². The molecule has 0 spiro atoms.